The molecule has 0 aromatic rings. The van der Waals surface area contributed by atoms with Crippen LogP contribution >= 0.6 is 11.8 Å². The Morgan fingerprint density at radius 2 is 2.25 bits per heavy atom. The molecule has 1 saturated heterocycles. The molecule has 16 heavy (non-hydrogen) atoms. The molecule has 1 fully saturated rings. The Hall–Kier alpha value is -0.750. The summed E-state index contributed by atoms with van der Waals surface area (Å²) in [6.07, 6.45) is 0. The maximum absolute atomic E-state index is 11.8. The van der Waals surface area contributed by atoms with Gasteiger partial charge in [0.1, 0.15) is 6.04 Å². The number of rotatable bonds is 4. The largest absolute Gasteiger partial charge is 0.353 e. The van der Waals surface area contributed by atoms with Crippen molar-refractivity contribution >= 4 is 23.6 Å². The molecule has 0 radical (unpaired) electrons. The second-order valence-corrected chi connectivity index (χ2v) is 4.94. The highest BCUT2D eigenvalue weighted by molar-refractivity contribution is 7.99. The highest BCUT2D eigenvalue weighted by atomic mass is 32.2. The lowest BCUT2D eigenvalue weighted by Gasteiger charge is -2.22. The first-order valence-corrected chi connectivity index (χ1v) is 6.51. The lowest BCUT2D eigenvalue weighted by Crippen LogP contribution is -2.49. The van der Waals surface area contributed by atoms with Crippen molar-refractivity contribution in [2.24, 2.45) is 0 Å². The van der Waals surface area contributed by atoms with Crippen LogP contribution in [0.15, 0.2) is 0 Å². The molecule has 0 aromatic carbocycles. The highest BCUT2D eigenvalue weighted by Gasteiger charge is 2.32. The molecule has 0 spiro atoms. The van der Waals surface area contributed by atoms with Crippen molar-refractivity contribution in [3.63, 3.8) is 0 Å². The normalized spacial score (nSPS) is 21.9. The van der Waals surface area contributed by atoms with E-state index in [2.05, 4.69) is 10.6 Å². The third-order valence-electron chi connectivity index (χ3n) is 2.66. The predicted molar refractivity (Wildman–Crippen MR) is 65.2 cm³/mol. The molecule has 92 valence electrons. The highest BCUT2D eigenvalue weighted by Crippen LogP contribution is 2.20. The molecule has 0 bridgehead atoms. The monoisotopic (exact) mass is 245 g/mol. The maximum atomic E-state index is 11.8. The van der Waals surface area contributed by atoms with Crippen LogP contribution in [-0.2, 0) is 9.59 Å². The van der Waals surface area contributed by atoms with E-state index in [1.165, 1.54) is 6.92 Å². The van der Waals surface area contributed by atoms with Gasteiger partial charge < -0.3 is 15.5 Å². The molecule has 5 nitrogen and oxygen atoms in total. The van der Waals surface area contributed by atoms with Gasteiger partial charge in [-0.3, -0.25) is 9.59 Å². The number of hydrogen-bond acceptors (Lipinski definition) is 4. The Balaban J connectivity index is 2.44. The predicted octanol–water partition coefficient (Wildman–Crippen LogP) is -0.368. The van der Waals surface area contributed by atoms with E-state index in [1.54, 1.807) is 16.7 Å². The molecule has 1 heterocycles. The maximum Gasteiger partial charge on any atom is 0.243 e. The second-order valence-electron chi connectivity index (χ2n) is 3.94. The van der Waals surface area contributed by atoms with E-state index in [0.717, 1.165) is 0 Å². The van der Waals surface area contributed by atoms with Gasteiger partial charge in [-0.25, -0.2) is 0 Å². The van der Waals surface area contributed by atoms with E-state index in [4.69, 9.17) is 0 Å². The molecule has 6 heteroatoms. The van der Waals surface area contributed by atoms with Crippen LogP contribution in [0.5, 0.6) is 0 Å². The van der Waals surface area contributed by atoms with Gasteiger partial charge >= 0.3 is 0 Å². The summed E-state index contributed by atoms with van der Waals surface area (Å²) >= 11 is 1.62. The molecule has 2 unspecified atom stereocenters. The fraction of sp³-hybridized carbons (Fsp3) is 0.800. The Bertz CT molecular complexity index is 273. The zero-order valence-corrected chi connectivity index (χ0v) is 10.8. The van der Waals surface area contributed by atoms with Crippen molar-refractivity contribution < 1.29 is 9.59 Å². The molecule has 1 aliphatic heterocycles. The summed E-state index contributed by atoms with van der Waals surface area (Å²) in [7, 11) is 1.85. The number of likely N-dealkylation sites (N-methyl/N-ethyl adjacent to an activating group) is 1. The van der Waals surface area contributed by atoms with Gasteiger partial charge in [0.05, 0.1) is 5.88 Å². The van der Waals surface area contributed by atoms with E-state index in [0.29, 0.717) is 18.2 Å². The van der Waals surface area contributed by atoms with E-state index in [9.17, 15) is 9.59 Å². The fourth-order valence-electron chi connectivity index (χ4n) is 1.44. The van der Waals surface area contributed by atoms with Crippen LogP contribution in [-0.4, -0.2) is 54.0 Å². The zero-order valence-electron chi connectivity index (χ0n) is 9.95. The number of carbonyl (C=O) groups excluding carboxylic acids is 2. The van der Waals surface area contributed by atoms with Gasteiger partial charge in [0.2, 0.25) is 11.8 Å². The van der Waals surface area contributed by atoms with E-state index >= 15 is 0 Å². The fourth-order valence-corrected chi connectivity index (χ4v) is 2.66. The minimum absolute atomic E-state index is 0.0354. The summed E-state index contributed by atoms with van der Waals surface area (Å²) in [5.41, 5.74) is 0. The van der Waals surface area contributed by atoms with Gasteiger partial charge in [-0.15, -0.1) is 11.8 Å². The van der Waals surface area contributed by atoms with Crippen LogP contribution in [0.4, 0.5) is 0 Å². The standard InChI is InChI=1S/C10H19N3O2S/c1-7(11-3)4-12-10(15)9-5-16-6-13(9)8(2)14/h7,9,11H,4-6H2,1-3H3,(H,12,15). The number of amides is 2. The van der Waals surface area contributed by atoms with Crippen molar-refractivity contribution in [2.45, 2.75) is 25.9 Å². The van der Waals surface area contributed by atoms with Crippen molar-refractivity contribution in [1.29, 1.82) is 0 Å². The van der Waals surface area contributed by atoms with Crippen LogP contribution < -0.4 is 10.6 Å². The van der Waals surface area contributed by atoms with Gasteiger partial charge in [-0.2, -0.15) is 0 Å². The molecule has 1 rings (SSSR count). The van der Waals surface area contributed by atoms with Crippen LogP contribution in [0.3, 0.4) is 0 Å². The summed E-state index contributed by atoms with van der Waals surface area (Å²) in [5.74, 6) is 1.23. The molecule has 2 atom stereocenters. The summed E-state index contributed by atoms with van der Waals surface area (Å²) in [6, 6.07) is -0.0599. The molecule has 1 aliphatic rings. The summed E-state index contributed by atoms with van der Waals surface area (Å²) < 4.78 is 0. The van der Waals surface area contributed by atoms with Gasteiger partial charge in [0, 0.05) is 25.3 Å². The average molecular weight is 245 g/mol. The smallest absolute Gasteiger partial charge is 0.243 e. The lowest BCUT2D eigenvalue weighted by molar-refractivity contribution is -0.136. The van der Waals surface area contributed by atoms with Crippen molar-refractivity contribution in [3.05, 3.63) is 0 Å². The van der Waals surface area contributed by atoms with Crippen molar-refractivity contribution in [1.82, 2.24) is 15.5 Å². The van der Waals surface area contributed by atoms with Crippen molar-refractivity contribution in [2.75, 3.05) is 25.2 Å². The first-order valence-electron chi connectivity index (χ1n) is 5.36. The Morgan fingerprint density at radius 1 is 1.56 bits per heavy atom. The third-order valence-corrected chi connectivity index (χ3v) is 3.68. The molecule has 0 saturated carbocycles. The first-order chi connectivity index (χ1) is 7.56. The Kier molecular flexibility index (Phi) is 5.08. The zero-order chi connectivity index (χ0) is 12.1. The number of hydrogen-bond donors (Lipinski definition) is 2. The lowest BCUT2D eigenvalue weighted by atomic mass is 10.2. The van der Waals surface area contributed by atoms with Gasteiger partial charge in [-0.05, 0) is 14.0 Å². The quantitative estimate of drug-likeness (QED) is 0.709. The number of nitrogens with zero attached hydrogens (tertiary/aromatic N) is 1. The topological polar surface area (TPSA) is 61.4 Å². The summed E-state index contributed by atoms with van der Waals surface area (Å²) in [6.45, 7) is 4.08. The van der Waals surface area contributed by atoms with Crippen LogP contribution in [0.2, 0.25) is 0 Å². The number of thioether (sulfide) groups is 1. The SMILES string of the molecule is CNC(C)CNC(=O)C1CSCN1C(C)=O. The van der Waals surface area contributed by atoms with Crippen molar-refractivity contribution in [3.8, 4) is 0 Å². The number of carbonyl (C=O) groups is 2. The van der Waals surface area contributed by atoms with Gasteiger partial charge in [-0.1, -0.05) is 0 Å². The Labute approximate surface area is 100 Å². The minimum Gasteiger partial charge on any atom is -0.353 e. The molecular formula is C10H19N3O2S. The third kappa shape index (κ3) is 3.38. The molecule has 2 N–H and O–H groups in total. The van der Waals surface area contributed by atoms with Gasteiger partial charge in [0.25, 0.3) is 0 Å². The van der Waals surface area contributed by atoms with Crippen LogP contribution in [0.25, 0.3) is 0 Å². The van der Waals surface area contributed by atoms with Crippen LogP contribution in [0, 0.1) is 0 Å². The summed E-state index contributed by atoms with van der Waals surface area (Å²) in [5, 5.41) is 5.90. The van der Waals surface area contributed by atoms with E-state index < -0.39 is 0 Å². The summed E-state index contributed by atoms with van der Waals surface area (Å²) in [4.78, 5) is 24.7. The van der Waals surface area contributed by atoms with E-state index in [1.807, 2.05) is 14.0 Å². The van der Waals surface area contributed by atoms with Crippen LogP contribution in [0.1, 0.15) is 13.8 Å². The molecule has 0 aliphatic carbocycles. The van der Waals surface area contributed by atoms with Gasteiger partial charge in [0.15, 0.2) is 0 Å². The molecule has 0 aromatic heterocycles. The second kappa shape index (κ2) is 6.10. The van der Waals surface area contributed by atoms with E-state index in [-0.39, 0.29) is 23.9 Å². The average Bonchev–Trinajstić information content (AvgIpc) is 2.74. The number of nitrogens with one attached hydrogen (secondary N) is 2. The first kappa shape index (κ1) is 13.3. The molecular weight excluding hydrogens is 226 g/mol. The minimum atomic E-state index is -0.299. The Morgan fingerprint density at radius 3 is 2.81 bits per heavy atom. The molecule has 2 amide bonds.